The normalized spacial score (nSPS) is 14.4. The molecule has 2 rings (SSSR count). The van der Waals surface area contributed by atoms with Crippen LogP contribution in [0.1, 0.15) is 23.7 Å². The first-order chi connectivity index (χ1) is 9.99. The van der Waals surface area contributed by atoms with Crippen molar-refractivity contribution >= 4 is 23.3 Å². The third kappa shape index (κ3) is 2.69. The highest BCUT2D eigenvalue weighted by molar-refractivity contribution is 6.52. The summed E-state index contributed by atoms with van der Waals surface area (Å²) in [5, 5.41) is 0. The summed E-state index contributed by atoms with van der Waals surface area (Å²) in [5.74, 6) is -2.43. The van der Waals surface area contributed by atoms with Gasteiger partial charge in [-0.25, -0.2) is 9.18 Å². The second kappa shape index (κ2) is 5.87. The molecule has 0 N–H and O–H groups in total. The number of fused-ring (bicyclic) bond motifs is 1. The van der Waals surface area contributed by atoms with E-state index in [1.54, 1.807) is 6.92 Å². The van der Waals surface area contributed by atoms with Gasteiger partial charge in [-0.1, -0.05) is 13.0 Å². The smallest absolute Gasteiger partial charge is 0.333 e. The molecule has 1 aromatic rings. The van der Waals surface area contributed by atoms with E-state index in [4.69, 9.17) is 0 Å². The molecule has 0 fully saturated rings. The van der Waals surface area contributed by atoms with Crippen LogP contribution in [0, 0.1) is 5.82 Å². The summed E-state index contributed by atoms with van der Waals surface area (Å²) in [5.41, 5.74) is 0.787. The number of anilines is 1. The Kier molecular flexibility index (Phi) is 4.16. The lowest BCUT2D eigenvalue weighted by molar-refractivity contribution is -0.136. The second-order valence-corrected chi connectivity index (χ2v) is 4.48. The lowest BCUT2D eigenvalue weighted by Gasteiger charge is -2.14. The van der Waals surface area contributed by atoms with Crippen LogP contribution in [0.5, 0.6) is 0 Å². The number of carbonyl (C=O) groups is 3. The molecule has 0 saturated heterocycles. The molecule has 0 saturated carbocycles. The first-order valence-electron chi connectivity index (χ1n) is 6.42. The molecule has 21 heavy (non-hydrogen) atoms. The van der Waals surface area contributed by atoms with E-state index in [0.29, 0.717) is 12.0 Å². The lowest BCUT2D eigenvalue weighted by atomic mass is 10.1. The Balaban J connectivity index is 2.31. The van der Waals surface area contributed by atoms with Gasteiger partial charge in [-0.05, 0) is 24.6 Å². The molecule has 1 aromatic carbocycles. The molecule has 110 valence electrons. The van der Waals surface area contributed by atoms with Gasteiger partial charge in [-0.3, -0.25) is 9.59 Å². The number of methoxy groups -OCH3 is 1. The molecule has 1 heterocycles. The molecule has 5 nitrogen and oxygen atoms in total. The number of Topliss-reactive ketones (excluding diaryl/α,β-unsaturated/α-hetero) is 1. The zero-order valence-corrected chi connectivity index (χ0v) is 11.7. The first-order valence-corrected chi connectivity index (χ1v) is 6.42. The lowest BCUT2D eigenvalue weighted by Crippen LogP contribution is -2.30. The molecular formula is C15H14FNO4. The zero-order valence-electron chi connectivity index (χ0n) is 11.7. The fourth-order valence-corrected chi connectivity index (χ4v) is 2.15. The predicted molar refractivity (Wildman–Crippen MR) is 73.5 cm³/mol. The minimum Gasteiger partial charge on any atom is -0.466 e. The predicted octanol–water partition coefficient (Wildman–Crippen LogP) is 1.86. The van der Waals surface area contributed by atoms with Crippen LogP contribution in [-0.4, -0.2) is 31.3 Å². The van der Waals surface area contributed by atoms with Crippen molar-refractivity contribution in [1.29, 1.82) is 0 Å². The van der Waals surface area contributed by atoms with Gasteiger partial charge in [0.05, 0.1) is 18.4 Å². The van der Waals surface area contributed by atoms with Crippen LogP contribution < -0.4 is 4.90 Å². The number of hydrogen-bond acceptors (Lipinski definition) is 4. The average Bonchev–Trinajstić information content (AvgIpc) is 2.71. The number of carbonyl (C=O) groups excluding carboxylic acids is 3. The van der Waals surface area contributed by atoms with Crippen LogP contribution in [0.25, 0.3) is 0 Å². The maximum atomic E-state index is 13.3. The summed E-state index contributed by atoms with van der Waals surface area (Å²) in [6.45, 7) is 1.78. The van der Waals surface area contributed by atoms with E-state index in [0.717, 1.165) is 17.0 Å². The number of amides is 1. The van der Waals surface area contributed by atoms with Crippen molar-refractivity contribution < 1.29 is 23.5 Å². The number of rotatable bonds is 4. The number of halogens is 1. The summed E-state index contributed by atoms with van der Waals surface area (Å²) in [7, 11) is 1.26. The maximum absolute atomic E-state index is 13.3. The minimum absolute atomic E-state index is 0.0132. The Morgan fingerprint density at radius 1 is 1.38 bits per heavy atom. The molecule has 0 aliphatic carbocycles. The van der Waals surface area contributed by atoms with E-state index in [1.165, 1.54) is 19.3 Å². The number of benzene rings is 1. The molecule has 0 bridgehead atoms. The molecule has 6 heteroatoms. The highest BCUT2D eigenvalue weighted by atomic mass is 19.1. The first kappa shape index (κ1) is 14.9. The van der Waals surface area contributed by atoms with Gasteiger partial charge < -0.3 is 9.64 Å². The van der Waals surface area contributed by atoms with Crippen LogP contribution in [-0.2, 0) is 14.3 Å². The van der Waals surface area contributed by atoms with Crippen molar-refractivity contribution in [3.05, 3.63) is 41.2 Å². The molecular weight excluding hydrogens is 277 g/mol. The monoisotopic (exact) mass is 291 g/mol. The topological polar surface area (TPSA) is 63.7 Å². The summed E-state index contributed by atoms with van der Waals surface area (Å²) < 4.78 is 17.9. The molecule has 0 unspecified atom stereocenters. The van der Waals surface area contributed by atoms with E-state index in [2.05, 4.69) is 4.74 Å². The van der Waals surface area contributed by atoms with E-state index < -0.39 is 23.5 Å². The van der Waals surface area contributed by atoms with Gasteiger partial charge in [0.2, 0.25) is 0 Å². The number of ketones is 1. The molecule has 0 atom stereocenters. The standard InChI is InChI=1S/C15H14FNO4/c1-3-9(15(20)21-2)6-7-17-12-8-10(16)4-5-11(12)13(18)14(17)19/h4-6,8H,3,7H2,1-2H3. The van der Waals surface area contributed by atoms with Gasteiger partial charge in [-0.15, -0.1) is 0 Å². The Labute approximate surface area is 121 Å². The fourth-order valence-electron chi connectivity index (χ4n) is 2.15. The molecule has 0 spiro atoms. The minimum atomic E-state index is -0.729. The van der Waals surface area contributed by atoms with Crippen molar-refractivity contribution in [2.24, 2.45) is 0 Å². The molecule has 1 aliphatic rings. The van der Waals surface area contributed by atoms with Crippen molar-refractivity contribution in [1.82, 2.24) is 0 Å². The van der Waals surface area contributed by atoms with Crippen molar-refractivity contribution in [3.63, 3.8) is 0 Å². The van der Waals surface area contributed by atoms with Crippen LogP contribution in [0.15, 0.2) is 29.8 Å². The Bertz CT molecular complexity index is 651. The summed E-state index contributed by atoms with van der Waals surface area (Å²) >= 11 is 0. The molecule has 0 radical (unpaired) electrons. The third-order valence-electron chi connectivity index (χ3n) is 3.28. The zero-order chi connectivity index (χ0) is 15.6. The summed E-state index contributed by atoms with van der Waals surface area (Å²) in [6.07, 6.45) is 1.94. The second-order valence-electron chi connectivity index (χ2n) is 4.48. The summed E-state index contributed by atoms with van der Waals surface area (Å²) in [6, 6.07) is 3.56. The van der Waals surface area contributed by atoms with Crippen molar-refractivity contribution in [3.8, 4) is 0 Å². The maximum Gasteiger partial charge on any atom is 0.333 e. The van der Waals surface area contributed by atoms with E-state index in [-0.39, 0.29) is 17.8 Å². The summed E-state index contributed by atoms with van der Waals surface area (Å²) in [4.78, 5) is 36.3. The number of ether oxygens (including phenoxy) is 1. The van der Waals surface area contributed by atoms with Gasteiger partial charge in [0.15, 0.2) is 0 Å². The van der Waals surface area contributed by atoms with Crippen LogP contribution in [0.2, 0.25) is 0 Å². The molecule has 1 aliphatic heterocycles. The quantitative estimate of drug-likeness (QED) is 0.482. The third-order valence-corrected chi connectivity index (χ3v) is 3.28. The van der Waals surface area contributed by atoms with Gasteiger partial charge in [0.25, 0.3) is 11.7 Å². The molecule has 0 aromatic heterocycles. The number of nitrogens with zero attached hydrogens (tertiary/aromatic N) is 1. The highest BCUT2D eigenvalue weighted by Crippen LogP contribution is 2.29. The van der Waals surface area contributed by atoms with Gasteiger partial charge in [-0.2, -0.15) is 0 Å². The highest BCUT2D eigenvalue weighted by Gasteiger charge is 2.35. The van der Waals surface area contributed by atoms with Crippen molar-refractivity contribution in [2.45, 2.75) is 13.3 Å². The van der Waals surface area contributed by atoms with Crippen LogP contribution >= 0.6 is 0 Å². The van der Waals surface area contributed by atoms with Crippen LogP contribution in [0.3, 0.4) is 0 Å². The van der Waals surface area contributed by atoms with Crippen molar-refractivity contribution in [2.75, 3.05) is 18.6 Å². The SMILES string of the molecule is CCC(=CCN1C(=O)C(=O)c2ccc(F)cc21)C(=O)OC. The average molecular weight is 291 g/mol. The Morgan fingerprint density at radius 2 is 2.10 bits per heavy atom. The fraction of sp³-hybridized carbons (Fsp3) is 0.267. The van der Waals surface area contributed by atoms with Gasteiger partial charge >= 0.3 is 5.97 Å². The largest absolute Gasteiger partial charge is 0.466 e. The number of esters is 1. The van der Waals surface area contributed by atoms with E-state index in [1.807, 2.05) is 0 Å². The van der Waals surface area contributed by atoms with Crippen LogP contribution in [0.4, 0.5) is 10.1 Å². The van der Waals surface area contributed by atoms with Gasteiger partial charge in [0, 0.05) is 12.1 Å². The van der Waals surface area contributed by atoms with E-state index in [9.17, 15) is 18.8 Å². The molecule has 1 amide bonds. The number of hydrogen-bond donors (Lipinski definition) is 0. The van der Waals surface area contributed by atoms with E-state index >= 15 is 0 Å². The Hall–Kier alpha value is -2.50. The Morgan fingerprint density at radius 3 is 2.71 bits per heavy atom. The van der Waals surface area contributed by atoms with Gasteiger partial charge in [0.1, 0.15) is 5.82 Å².